The molecule has 0 atom stereocenters. The van der Waals surface area contributed by atoms with Gasteiger partial charge in [-0.3, -0.25) is 14.0 Å². The fraction of sp³-hybridized carbons (Fsp3) is 0.333. The Labute approximate surface area is 168 Å². The number of rotatable bonds is 5. The third-order valence-corrected chi connectivity index (χ3v) is 5.22. The minimum absolute atomic E-state index is 0.0405. The summed E-state index contributed by atoms with van der Waals surface area (Å²) in [6, 6.07) is 13.2. The minimum atomic E-state index is -0.215. The Bertz CT molecular complexity index is 1060. The Hall–Kier alpha value is -3.42. The normalized spacial score (nSPS) is 14.2. The Morgan fingerprint density at radius 1 is 1.03 bits per heavy atom. The summed E-state index contributed by atoms with van der Waals surface area (Å²) in [5.41, 5.74) is 1.73. The second-order valence-corrected chi connectivity index (χ2v) is 6.95. The first-order chi connectivity index (χ1) is 14.2. The van der Waals surface area contributed by atoms with Gasteiger partial charge >= 0.3 is 0 Å². The number of carbonyl (C=O) groups excluding carboxylic acids is 1. The van der Waals surface area contributed by atoms with Gasteiger partial charge in [0.15, 0.2) is 5.65 Å². The second-order valence-electron chi connectivity index (χ2n) is 6.95. The molecule has 1 amide bonds. The van der Waals surface area contributed by atoms with Crippen molar-refractivity contribution in [3.63, 3.8) is 0 Å². The van der Waals surface area contributed by atoms with Crippen LogP contribution in [0.2, 0.25) is 0 Å². The summed E-state index contributed by atoms with van der Waals surface area (Å²) < 4.78 is 6.65. The Balaban J connectivity index is 1.33. The number of hydrogen-bond acceptors (Lipinski definition) is 6. The van der Waals surface area contributed by atoms with Gasteiger partial charge in [-0.2, -0.15) is 0 Å². The van der Waals surface area contributed by atoms with Gasteiger partial charge in [0.1, 0.15) is 11.4 Å². The van der Waals surface area contributed by atoms with E-state index in [9.17, 15) is 9.59 Å². The summed E-state index contributed by atoms with van der Waals surface area (Å²) >= 11 is 0. The lowest BCUT2D eigenvalue weighted by atomic mass is 10.2. The number of amides is 1. The van der Waals surface area contributed by atoms with E-state index in [1.165, 1.54) is 4.40 Å². The summed E-state index contributed by atoms with van der Waals surface area (Å²) in [7, 11) is 1.65. The molecule has 0 aliphatic carbocycles. The molecule has 8 heteroatoms. The lowest BCUT2D eigenvalue weighted by Gasteiger charge is -2.36. The number of methoxy groups -OCH3 is 1. The van der Waals surface area contributed by atoms with Gasteiger partial charge in [0, 0.05) is 50.9 Å². The zero-order valence-corrected chi connectivity index (χ0v) is 16.3. The highest BCUT2D eigenvalue weighted by Crippen LogP contribution is 2.20. The van der Waals surface area contributed by atoms with Gasteiger partial charge in [-0.05, 0) is 36.4 Å². The fourth-order valence-corrected chi connectivity index (χ4v) is 3.53. The molecule has 29 heavy (non-hydrogen) atoms. The molecule has 0 bridgehead atoms. The number of fused-ring (bicyclic) bond motifs is 1. The number of pyridine rings is 1. The van der Waals surface area contributed by atoms with Crippen LogP contribution in [0.25, 0.3) is 5.65 Å². The molecule has 1 fully saturated rings. The Morgan fingerprint density at radius 3 is 2.52 bits per heavy atom. The molecule has 0 radical (unpaired) electrons. The monoisotopic (exact) mass is 393 g/mol. The maximum Gasteiger partial charge on any atom is 0.279 e. The number of aromatic nitrogens is 3. The van der Waals surface area contributed by atoms with Gasteiger partial charge in [-0.25, -0.2) is 0 Å². The number of aryl methyl sites for hydroxylation is 1. The molecule has 0 saturated carbocycles. The summed E-state index contributed by atoms with van der Waals surface area (Å²) in [4.78, 5) is 29.2. The van der Waals surface area contributed by atoms with Crippen LogP contribution in [0.3, 0.4) is 0 Å². The number of ether oxygens (including phenoxy) is 1. The molecule has 1 aliphatic rings. The van der Waals surface area contributed by atoms with Crippen molar-refractivity contribution < 1.29 is 9.53 Å². The van der Waals surface area contributed by atoms with E-state index in [2.05, 4.69) is 15.1 Å². The molecule has 2 aromatic heterocycles. The molecule has 1 aromatic carbocycles. The molecule has 1 saturated heterocycles. The number of hydrogen-bond donors (Lipinski definition) is 0. The molecule has 0 unspecified atom stereocenters. The first-order valence-corrected chi connectivity index (χ1v) is 9.65. The summed E-state index contributed by atoms with van der Waals surface area (Å²) in [5.74, 6) is 0.869. The number of anilines is 1. The first-order valence-electron chi connectivity index (χ1n) is 9.65. The van der Waals surface area contributed by atoms with Crippen LogP contribution in [0.4, 0.5) is 5.69 Å². The molecular weight excluding hydrogens is 370 g/mol. The van der Waals surface area contributed by atoms with E-state index in [1.807, 2.05) is 29.2 Å². The van der Waals surface area contributed by atoms with E-state index in [0.717, 1.165) is 24.5 Å². The zero-order chi connectivity index (χ0) is 20.2. The van der Waals surface area contributed by atoms with Crippen LogP contribution in [-0.4, -0.2) is 58.7 Å². The molecule has 3 aromatic rings. The molecule has 3 heterocycles. The van der Waals surface area contributed by atoms with E-state index in [1.54, 1.807) is 31.5 Å². The number of carbonyl (C=O) groups is 1. The first kappa shape index (κ1) is 18.9. The van der Waals surface area contributed by atoms with Crippen molar-refractivity contribution in [1.29, 1.82) is 0 Å². The third-order valence-electron chi connectivity index (χ3n) is 5.22. The maximum atomic E-state index is 12.6. The number of piperazine rings is 1. The summed E-state index contributed by atoms with van der Waals surface area (Å²) in [5, 5.41) is 8.08. The smallest absolute Gasteiger partial charge is 0.279 e. The van der Waals surface area contributed by atoms with Crippen LogP contribution < -0.4 is 15.2 Å². The molecule has 150 valence electrons. The van der Waals surface area contributed by atoms with Crippen molar-refractivity contribution in [2.45, 2.75) is 12.8 Å². The zero-order valence-electron chi connectivity index (χ0n) is 16.3. The molecule has 0 N–H and O–H groups in total. The highest BCUT2D eigenvalue weighted by Gasteiger charge is 2.21. The SMILES string of the molecule is COc1ccc(N2CCN(C(=O)CCc3nnc4ccccn4c3=O)CC2)cc1. The van der Waals surface area contributed by atoms with Gasteiger partial charge in [0.25, 0.3) is 5.56 Å². The van der Waals surface area contributed by atoms with Gasteiger partial charge < -0.3 is 14.5 Å². The van der Waals surface area contributed by atoms with Gasteiger partial charge in [0.05, 0.1) is 7.11 Å². The van der Waals surface area contributed by atoms with E-state index in [4.69, 9.17) is 4.74 Å². The lowest BCUT2D eigenvalue weighted by molar-refractivity contribution is -0.131. The predicted molar refractivity (Wildman–Crippen MR) is 109 cm³/mol. The van der Waals surface area contributed by atoms with E-state index >= 15 is 0 Å². The maximum absolute atomic E-state index is 12.6. The van der Waals surface area contributed by atoms with Crippen molar-refractivity contribution in [1.82, 2.24) is 19.5 Å². The second kappa shape index (κ2) is 8.30. The standard InChI is InChI=1S/C21H23N5O3/c1-29-17-7-5-16(6-8-17)24-12-14-25(15-13-24)20(27)10-9-18-21(28)26-11-3-2-4-19(26)23-22-18/h2-8,11H,9-10,12-15H2,1H3. The average Bonchev–Trinajstić information content (AvgIpc) is 2.79. The van der Waals surface area contributed by atoms with Gasteiger partial charge in [0.2, 0.25) is 5.91 Å². The molecular formula is C21H23N5O3. The highest BCUT2D eigenvalue weighted by atomic mass is 16.5. The van der Waals surface area contributed by atoms with Crippen LogP contribution in [-0.2, 0) is 11.2 Å². The van der Waals surface area contributed by atoms with Crippen LogP contribution in [0.5, 0.6) is 5.75 Å². The summed E-state index contributed by atoms with van der Waals surface area (Å²) in [6.45, 7) is 2.87. The van der Waals surface area contributed by atoms with Crippen molar-refractivity contribution in [3.8, 4) is 5.75 Å². The van der Waals surface area contributed by atoms with Gasteiger partial charge in [-0.15, -0.1) is 10.2 Å². The fourth-order valence-electron chi connectivity index (χ4n) is 3.53. The quantitative estimate of drug-likeness (QED) is 0.652. The van der Waals surface area contributed by atoms with Crippen molar-refractivity contribution in [2.24, 2.45) is 0 Å². The Morgan fingerprint density at radius 2 is 1.79 bits per heavy atom. The van der Waals surface area contributed by atoms with E-state index in [0.29, 0.717) is 30.9 Å². The molecule has 4 rings (SSSR count). The predicted octanol–water partition coefficient (Wildman–Crippen LogP) is 1.38. The molecule has 1 aliphatic heterocycles. The molecule has 8 nitrogen and oxygen atoms in total. The number of nitrogens with zero attached hydrogens (tertiary/aromatic N) is 5. The van der Waals surface area contributed by atoms with Crippen molar-refractivity contribution in [2.75, 3.05) is 38.2 Å². The lowest BCUT2D eigenvalue weighted by Crippen LogP contribution is -2.48. The summed E-state index contributed by atoms with van der Waals surface area (Å²) in [6.07, 6.45) is 2.21. The highest BCUT2D eigenvalue weighted by molar-refractivity contribution is 5.76. The molecule has 0 spiro atoms. The van der Waals surface area contributed by atoms with E-state index < -0.39 is 0 Å². The average molecular weight is 393 g/mol. The minimum Gasteiger partial charge on any atom is -0.497 e. The van der Waals surface area contributed by atoms with Crippen LogP contribution >= 0.6 is 0 Å². The van der Waals surface area contributed by atoms with E-state index in [-0.39, 0.29) is 17.9 Å². The van der Waals surface area contributed by atoms with Crippen molar-refractivity contribution >= 4 is 17.2 Å². The topological polar surface area (TPSA) is 80.0 Å². The van der Waals surface area contributed by atoms with Crippen molar-refractivity contribution in [3.05, 3.63) is 64.7 Å². The number of benzene rings is 1. The van der Waals surface area contributed by atoms with Crippen LogP contribution in [0, 0.1) is 0 Å². The largest absolute Gasteiger partial charge is 0.497 e. The van der Waals surface area contributed by atoms with Gasteiger partial charge in [-0.1, -0.05) is 6.07 Å². The van der Waals surface area contributed by atoms with Crippen LogP contribution in [0.15, 0.2) is 53.5 Å². The third kappa shape index (κ3) is 4.06. The Kier molecular flexibility index (Phi) is 5.41. The van der Waals surface area contributed by atoms with Crippen LogP contribution in [0.1, 0.15) is 12.1 Å².